The van der Waals surface area contributed by atoms with E-state index in [1.807, 2.05) is 13.8 Å². The zero-order valence-electron chi connectivity index (χ0n) is 11.0. The molecule has 0 radical (unpaired) electrons. The van der Waals surface area contributed by atoms with Gasteiger partial charge >= 0.3 is 12.1 Å². The molecule has 0 saturated heterocycles. The summed E-state index contributed by atoms with van der Waals surface area (Å²) in [4.78, 5) is 2.68. The fourth-order valence-electron chi connectivity index (χ4n) is 2.02. The first-order valence-corrected chi connectivity index (χ1v) is 6.37. The van der Waals surface area contributed by atoms with Crippen molar-refractivity contribution in [3.05, 3.63) is 29.0 Å². The number of nitrogens with zero attached hydrogens (tertiary/aromatic N) is 2. The summed E-state index contributed by atoms with van der Waals surface area (Å²) in [5, 5.41) is 17.4. The van der Waals surface area contributed by atoms with Gasteiger partial charge in [0.05, 0.1) is 11.9 Å². The Kier molecular flexibility index (Phi) is 6.06. The second kappa shape index (κ2) is 7.59. The minimum absolute atomic E-state index is 0.0308. The van der Waals surface area contributed by atoms with Crippen LogP contribution >= 0.6 is 0 Å². The van der Waals surface area contributed by atoms with Crippen molar-refractivity contribution in [3.8, 4) is 0 Å². The Hall–Kier alpha value is -1.70. The molecule has 0 unspecified atom stereocenters. The molecule has 1 N–H and O–H groups in total. The third-order valence-corrected chi connectivity index (χ3v) is 2.76. The van der Waals surface area contributed by atoms with Gasteiger partial charge in [0.15, 0.2) is 4.98 Å². The van der Waals surface area contributed by atoms with E-state index in [1.54, 1.807) is 0 Å². The first-order chi connectivity index (χ1) is 8.61. The van der Waals surface area contributed by atoms with Crippen molar-refractivity contribution < 1.29 is 14.6 Å². The molecule has 0 heterocycles. The minimum atomic E-state index is -0.394. The summed E-state index contributed by atoms with van der Waals surface area (Å²) in [6, 6.07) is 0. The SMILES string of the molecule is C[C@H](C[C@@H](C)O/C(O)=C\[N+]#N)OC1=CCCCC1. The van der Waals surface area contributed by atoms with Crippen LogP contribution in [0.15, 0.2) is 24.0 Å². The molecule has 18 heavy (non-hydrogen) atoms. The lowest BCUT2D eigenvalue weighted by atomic mass is 10.1. The van der Waals surface area contributed by atoms with Crippen LogP contribution in [0.1, 0.15) is 46.0 Å². The van der Waals surface area contributed by atoms with Gasteiger partial charge in [0.1, 0.15) is 6.10 Å². The number of hydrogen-bond donors (Lipinski definition) is 1. The lowest BCUT2D eigenvalue weighted by Gasteiger charge is -2.22. The lowest BCUT2D eigenvalue weighted by Crippen LogP contribution is -2.18. The maximum atomic E-state index is 9.19. The fourth-order valence-corrected chi connectivity index (χ4v) is 2.02. The molecule has 0 fully saturated rings. The van der Waals surface area contributed by atoms with Gasteiger partial charge < -0.3 is 14.6 Å². The van der Waals surface area contributed by atoms with Crippen molar-refractivity contribution in [2.75, 3.05) is 0 Å². The lowest BCUT2D eigenvalue weighted by molar-refractivity contribution is 0.00580. The zero-order valence-corrected chi connectivity index (χ0v) is 11.0. The molecule has 0 saturated carbocycles. The van der Waals surface area contributed by atoms with E-state index in [0.717, 1.165) is 24.8 Å². The van der Waals surface area contributed by atoms with E-state index in [2.05, 4.69) is 11.1 Å². The number of aliphatic hydroxyl groups is 1. The van der Waals surface area contributed by atoms with Crippen LogP contribution in [-0.4, -0.2) is 17.3 Å². The number of diazo groups is 1. The zero-order chi connectivity index (χ0) is 13.4. The van der Waals surface area contributed by atoms with Gasteiger partial charge in [0.2, 0.25) is 5.39 Å². The predicted molar refractivity (Wildman–Crippen MR) is 68.1 cm³/mol. The Bertz CT molecular complexity index is 358. The van der Waals surface area contributed by atoms with Crippen molar-refractivity contribution >= 4 is 0 Å². The fraction of sp³-hybridized carbons (Fsp3) is 0.692. The highest BCUT2D eigenvalue weighted by atomic mass is 16.6. The second-order valence-corrected chi connectivity index (χ2v) is 4.59. The van der Waals surface area contributed by atoms with Crippen molar-refractivity contribution in [1.82, 2.24) is 0 Å². The van der Waals surface area contributed by atoms with Gasteiger partial charge in [-0.3, -0.25) is 0 Å². The molecule has 0 amide bonds. The molecule has 0 bridgehead atoms. The van der Waals surface area contributed by atoms with Crippen molar-refractivity contribution in [2.45, 2.75) is 58.2 Å². The second-order valence-electron chi connectivity index (χ2n) is 4.59. The summed E-state index contributed by atoms with van der Waals surface area (Å²) >= 11 is 0. The van der Waals surface area contributed by atoms with E-state index < -0.39 is 5.95 Å². The molecule has 100 valence electrons. The van der Waals surface area contributed by atoms with Gasteiger partial charge in [0, 0.05) is 12.8 Å². The highest BCUT2D eigenvalue weighted by molar-refractivity contribution is 4.97. The van der Waals surface area contributed by atoms with Crippen LogP contribution in [0.3, 0.4) is 0 Å². The first kappa shape index (κ1) is 14.4. The van der Waals surface area contributed by atoms with Gasteiger partial charge in [0.25, 0.3) is 0 Å². The monoisotopic (exact) mass is 253 g/mol. The molecule has 2 atom stereocenters. The third kappa shape index (κ3) is 5.58. The van der Waals surface area contributed by atoms with Crippen LogP contribution < -0.4 is 0 Å². The maximum absolute atomic E-state index is 9.19. The summed E-state index contributed by atoms with van der Waals surface area (Å²) in [7, 11) is 0. The molecular weight excluding hydrogens is 232 g/mol. The molecular formula is C13H21N2O3+. The molecule has 0 spiro atoms. The van der Waals surface area contributed by atoms with Gasteiger partial charge in [-0.1, -0.05) is 0 Å². The largest absolute Gasteiger partial charge is 0.495 e. The molecule has 0 aromatic heterocycles. The molecule has 0 aromatic rings. The number of ether oxygens (including phenoxy) is 2. The summed E-state index contributed by atoms with van der Waals surface area (Å²) in [5.74, 6) is 0.667. The van der Waals surface area contributed by atoms with Gasteiger partial charge in [-0.15, -0.1) is 0 Å². The van der Waals surface area contributed by atoms with E-state index in [9.17, 15) is 5.11 Å². The van der Waals surface area contributed by atoms with E-state index in [1.165, 1.54) is 12.8 Å². The molecule has 1 aliphatic carbocycles. The predicted octanol–water partition coefficient (Wildman–Crippen LogP) is 3.85. The molecule has 5 heteroatoms. The number of hydrogen-bond acceptors (Lipinski definition) is 4. The van der Waals surface area contributed by atoms with Crippen molar-refractivity contribution in [2.24, 2.45) is 0 Å². The van der Waals surface area contributed by atoms with Crippen molar-refractivity contribution in [1.29, 1.82) is 5.39 Å². The smallest absolute Gasteiger partial charge is 0.429 e. The van der Waals surface area contributed by atoms with Crippen molar-refractivity contribution in [3.63, 3.8) is 0 Å². The Morgan fingerprint density at radius 1 is 1.50 bits per heavy atom. The van der Waals surface area contributed by atoms with Gasteiger partial charge in [-0.2, -0.15) is 0 Å². The van der Waals surface area contributed by atoms with Crippen LogP contribution in [-0.2, 0) is 9.47 Å². The first-order valence-electron chi connectivity index (χ1n) is 6.37. The molecule has 1 rings (SSSR count). The number of allylic oxidation sites excluding steroid dienone is 2. The normalized spacial score (nSPS) is 19.4. The summed E-state index contributed by atoms with van der Waals surface area (Å²) < 4.78 is 10.9. The minimum Gasteiger partial charge on any atom is -0.495 e. The topological polar surface area (TPSA) is 66.8 Å². The highest BCUT2D eigenvalue weighted by Crippen LogP contribution is 2.21. The molecule has 5 nitrogen and oxygen atoms in total. The Morgan fingerprint density at radius 3 is 2.89 bits per heavy atom. The van der Waals surface area contributed by atoms with E-state index >= 15 is 0 Å². The van der Waals surface area contributed by atoms with Crippen LogP contribution in [0.25, 0.3) is 4.98 Å². The van der Waals surface area contributed by atoms with E-state index in [0.29, 0.717) is 6.42 Å². The highest BCUT2D eigenvalue weighted by Gasteiger charge is 2.15. The summed E-state index contributed by atoms with van der Waals surface area (Å²) in [6.45, 7) is 3.81. The average molecular weight is 253 g/mol. The quantitative estimate of drug-likeness (QED) is 0.576. The van der Waals surface area contributed by atoms with E-state index in [-0.39, 0.29) is 12.2 Å². The summed E-state index contributed by atoms with van der Waals surface area (Å²) in [5.41, 5.74) is 0. The van der Waals surface area contributed by atoms with Crippen LogP contribution in [0, 0.1) is 5.39 Å². The third-order valence-electron chi connectivity index (χ3n) is 2.76. The Balaban J connectivity index is 2.31. The van der Waals surface area contributed by atoms with Gasteiger partial charge in [-0.05, 0) is 39.2 Å². The standard InChI is InChI=1S/C13H20N2O3/c1-10(17-12-6-4-3-5-7-12)8-11(2)18-13(16)9-15-14/h6,9-11H,3-5,7-8H2,1-2H3/p+1/b13-9-/t10-,11-/m1/s1. The molecule has 0 aliphatic heterocycles. The number of rotatable bonds is 6. The van der Waals surface area contributed by atoms with Crippen LogP contribution in [0.4, 0.5) is 0 Å². The number of aliphatic hydroxyl groups excluding tert-OH is 1. The van der Waals surface area contributed by atoms with Gasteiger partial charge in [-0.25, -0.2) is 0 Å². The van der Waals surface area contributed by atoms with Crippen LogP contribution in [0.2, 0.25) is 0 Å². The Morgan fingerprint density at radius 2 is 2.28 bits per heavy atom. The maximum Gasteiger partial charge on any atom is 0.429 e. The molecule has 1 aliphatic rings. The summed E-state index contributed by atoms with van der Waals surface area (Å²) in [6.07, 6.45) is 8.00. The Labute approximate surface area is 108 Å². The van der Waals surface area contributed by atoms with Crippen LogP contribution in [0.5, 0.6) is 0 Å². The molecule has 0 aromatic carbocycles. The van der Waals surface area contributed by atoms with E-state index in [4.69, 9.17) is 14.9 Å². The average Bonchev–Trinajstić information content (AvgIpc) is 2.29.